The van der Waals surface area contributed by atoms with Crippen molar-refractivity contribution < 1.29 is 4.74 Å². The highest BCUT2D eigenvalue weighted by molar-refractivity contribution is 9.10. The highest BCUT2D eigenvalue weighted by Crippen LogP contribution is 2.18. The van der Waals surface area contributed by atoms with Gasteiger partial charge in [-0.2, -0.15) is 0 Å². The molecule has 0 saturated carbocycles. The fraction of sp³-hybridized carbons (Fsp3) is 0.600. The summed E-state index contributed by atoms with van der Waals surface area (Å²) in [6, 6.07) is 9.20. The van der Waals surface area contributed by atoms with Crippen LogP contribution >= 0.6 is 15.9 Å². The average Bonchev–Trinajstić information content (AvgIpc) is 2.34. The fourth-order valence-corrected chi connectivity index (χ4v) is 2.11. The highest BCUT2D eigenvalue weighted by atomic mass is 79.9. The van der Waals surface area contributed by atoms with E-state index in [1.807, 2.05) is 6.92 Å². The minimum atomic E-state index is 0.339. The predicted octanol–water partition coefficient (Wildman–Crippen LogP) is 4.16. The van der Waals surface area contributed by atoms with Crippen LogP contribution in [0.3, 0.4) is 0 Å². The normalized spacial score (nSPS) is 14.8. The molecule has 2 unspecified atom stereocenters. The van der Waals surface area contributed by atoms with Crippen molar-refractivity contribution in [2.75, 3.05) is 13.2 Å². The van der Waals surface area contributed by atoms with Crippen LogP contribution in [0.25, 0.3) is 0 Å². The van der Waals surface area contributed by atoms with E-state index >= 15 is 0 Å². The van der Waals surface area contributed by atoms with E-state index in [2.05, 4.69) is 66.3 Å². The molecule has 0 aliphatic rings. The molecule has 1 N–H and O–H groups in total. The van der Waals surface area contributed by atoms with Crippen molar-refractivity contribution in [2.45, 2.75) is 39.8 Å². The maximum absolute atomic E-state index is 5.54. The van der Waals surface area contributed by atoms with Crippen molar-refractivity contribution in [3.63, 3.8) is 0 Å². The summed E-state index contributed by atoms with van der Waals surface area (Å²) in [6.07, 6.45) is 0. The lowest BCUT2D eigenvalue weighted by molar-refractivity contribution is 0.104. The van der Waals surface area contributed by atoms with E-state index in [1.54, 1.807) is 0 Å². The predicted molar refractivity (Wildman–Crippen MR) is 80.8 cm³/mol. The van der Waals surface area contributed by atoms with Crippen molar-refractivity contribution in [1.29, 1.82) is 0 Å². The van der Waals surface area contributed by atoms with Gasteiger partial charge in [-0.15, -0.1) is 0 Å². The van der Waals surface area contributed by atoms with Crippen molar-refractivity contribution in [3.8, 4) is 0 Å². The Balaban J connectivity index is 2.59. The number of halogens is 1. The third kappa shape index (κ3) is 5.09. The minimum absolute atomic E-state index is 0.339. The van der Waals surface area contributed by atoms with Gasteiger partial charge in [0, 0.05) is 23.2 Å². The molecule has 0 fully saturated rings. The zero-order valence-electron chi connectivity index (χ0n) is 11.7. The molecule has 3 heteroatoms. The highest BCUT2D eigenvalue weighted by Gasteiger charge is 2.16. The Bertz CT molecular complexity index is 337. The SMILES string of the molecule is CCOCC(NC(C)c1ccc(Br)cc1)C(C)C. The maximum Gasteiger partial charge on any atom is 0.0622 e. The van der Waals surface area contributed by atoms with Crippen LogP contribution in [0, 0.1) is 5.92 Å². The molecule has 1 rings (SSSR count). The number of nitrogens with one attached hydrogen (secondary N) is 1. The number of benzene rings is 1. The van der Waals surface area contributed by atoms with E-state index in [1.165, 1.54) is 5.56 Å². The molecule has 1 aromatic rings. The van der Waals surface area contributed by atoms with Crippen molar-refractivity contribution in [2.24, 2.45) is 5.92 Å². The first-order valence-electron chi connectivity index (χ1n) is 6.63. The van der Waals surface area contributed by atoms with Gasteiger partial charge in [-0.1, -0.05) is 41.9 Å². The molecule has 0 radical (unpaired) electrons. The zero-order chi connectivity index (χ0) is 13.5. The van der Waals surface area contributed by atoms with Gasteiger partial charge < -0.3 is 10.1 Å². The first-order chi connectivity index (χ1) is 8.54. The molecule has 0 saturated heterocycles. The van der Waals surface area contributed by atoms with Crippen LogP contribution in [-0.2, 0) is 4.74 Å². The average molecular weight is 314 g/mol. The molecule has 2 nitrogen and oxygen atoms in total. The summed E-state index contributed by atoms with van der Waals surface area (Å²) in [5.41, 5.74) is 1.31. The summed E-state index contributed by atoms with van der Waals surface area (Å²) >= 11 is 3.46. The van der Waals surface area contributed by atoms with Crippen LogP contribution < -0.4 is 5.32 Å². The number of rotatable bonds is 7. The van der Waals surface area contributed by atoms with Gasteiger partial charge in [-0.3, -0.25) is 0 Å². The summed E-state index contributed by atoms with van der Waals surface area (Å²) in [7, 11) is 0. The van der Waals surface area contributed by atoms with Gasteiger partial charge in [0.25, 0.3) is 0 Å². The first-order valence-corrected chi connectivity index (χ1v) is 7.43. The topological polar surface area (TPSA) is 21.3 Å². The number of hydrogen-bond donors (Lipinski definition) is 1. The van der Waals surface area contributed by atoms with Crippen LogP contribution in [0.2, 0.25) is 0 Å². The molecule has 0 aromatic heterocycles. The van der Waals surface area contributed by atoms with Crippen LogP contribution in [0.1, 0.15) is 39.3 Å². The largest absolute Gasteiger partial charge is 0.380 e. The second kappa shape index (κ2) is 7.93. The van der Waals surface area contributed by atoms with Crippen molar-refractivity contribution in [1.82, 2.24) is 5.32 Å². The molecule has 1 aromatic carbocycles. The Morgan fingerprint density at radius 3 is 2.28 bits per heavy atom. The van der Waals surface area contributed by atoms with Gasteiger partial charge in [0.15, 0.2) is 0 Å². The number of ether oxygens (including phenoxy) is 1. The molecule has 18 heavy (non-hydrogen) atoms. The van der Waals surface area contributed by atoms with E-state index in [9.17, 15) is 0 Å². The minimum Gasteiger partial charge on any atom is -0.380 e. The van der Waals surface area contributed by atoms with Crippen molar-refractivity contribution in [3.05, 3.63) is 34.3 Å². The first kappa shape index (κ1) is 15.7. The van der Waals surface area contributed by atoms with Crippen LogP contribution in [0.4, 0.5) is 0 Å². The quantitative estimate of drug-likeness (QED) is 0.816. The third-order valence-corrected chi connectivity index (χ3v) is 3.67. The van der Waals surface area contributed by atoms with Gasteiger partial charge in [0.2, 0.25) is 0 Å². The van der Waals surface area contributed by atoms with Gasteiger partial charge in [-0.25, -0.2) is 0 Å². The molecule has 0 aliphatic heterocycles. The Kier molecular flexibility index (Phi) is 6.90. The monoisotopic (exact) mass is 313 g/mol. The third-order valence-electron chi connectivity index (χ3n) is 3.14. The molecular formula is C15H24BrNO. The van der Waals surface area contributed by atoms with Crippen molar-refractivity contribution >= 4 is 15.9 Å². The maximum atomic E-state index is 5.54. The lowest BCUT2D eigenvalue weighted by Gasteiger charge is -2.26. The molecular weight excluding hydrogens is 290 g/mol. The fourth-order valence-electron chi connectivity index (χ4n) is 1.85. The lowest BCUT2D eigenvalue weighted by atomic mass is 10.0. The van der Waals surface area contributed by atoms with Crippen LogP contribution in [0.15, 0.2) is 28.7 Å². The zero-order valence-corrected chi connectivity index (χ0v) is 13.3. The molecule has 102 valence electrons. The molecule has 0 spiro atoms. The van der Waals surface area contributed by atoms with Gasteiger partial charge >= 0.3 is 0 Å². The van der Waals surface area contributed by atoms with E-state index in [0.29, 0.717) is 18.0 Å². The van der Waals surface area contributed by atoms with E-state index in [4.69, 9.17) is 4.74 Å². The molecule has 0 amide bonds. The molecule has 0 heterocycles. The van der Waals surface area contributed by atoms with Crippen LogP contribution in [0.5, 0.6) is 0 Å². The lowest BCUT2D eigenvalue weighted by Crippen LogP contribution is -2.39. The van der Waals surface area contributed by atoms with E-state index in [-0.39, 0.29) is 0 Å². The van der Waals surface area contributed by atoms with Gasteiger partial charge in [0.05, 0.1) is 6.61 Å². The Labute approximate surface area is 119 Å². The smallest absolute Gasteiger partial charge is 0.0622 e. The van der Waals surface area contributed by atoms with Gasteiger partial charge in [-0.05, 0) is 37.5 Å². The standard InChI is InChI=1S/C15H24BrNO/c1-5-18-10-15(11(2)3)17-12(4)13-6-8-14(16)9-7-13/h6-9,11-12,15,17H,5,10H2,1-4H3. The second-order valence-electron chi connectivity index (χ2n) is 4.95. The number of hydrogen-bond acceptors (Lipinski definition) is 2. The summed E-state index contributed by atoms with van der Waals surface area (Å²) in [4.78, 5) is 0. The Morgan fingerprint density at radius 2 is 1.78 bits per heavy atom. The Morgan fingerprint density at radius 1 is 1.17 bits per heavy atom. The molecule has 0 aliphatic carbocycles. The second-order valence-corrected chi connectivity index (χ2v) is 5.87. The van der Waals surface area contributed by atoms with E-state index in [0.717, 1.165) is 17.7 Å². The molecule has 2 atom stereocenters. The summed E-state index contributed by atoms with van der Waals surface area (Å²) in [5, 5.41) is 3.65. The molecule has 0 bridgehead atoms. The van der Waals surface area contributed by atoms with Gasteiger partial charge in [0.1, 0.15) is 0 Å². The Hall–Kier alpha value is -0.380. The summed E-state index contributed by atoms with van der Waals surface area (Å²) in [6.45, 7) is 10.2. The van der Waals surface area contributed by atoms with Crippen LogP contribution in [-0.4, -0.2) is 19.3 Å². The van der Waals surface area contributed by atoms with E-state index < -0.39 is 0 Å². The summed E-state index contributed by atoms with van der Waals surface area (Å²) in [5.74, 6) is 0.564. The summed E-state index contributed by atoms with van der Waals surface area (Å²) < 4.78 is 6.66.